The number of hydrogen-bond donors (Lipinski definition) is 1. The minimum atomic E-state index is -0.813. The highest BCUT2D eigenvalue weighted by Gasteiger charge is 2.42. The number of ether oxygens (including phenoxy) is 1. The largest absolute Gasteiger partial charge is 0.507 e. The Morgan fingerprint density at radius 3 is 1.88 bits per heavy atom. The zero-order valence-corrected chi connectivity index (χ0v) is 19.3. The summed E-state index contributed by atoms with van der Waals surface area (Å²) in [7, 11) is 0. The monoisotopic (exact) mass is 446 g/mol. The van der Waals surface area contributed by atoms with Gasteiger partial charge in [0.05, 0.1) is 27.8 Å². The van der Waals surface area contributed by atoms with Crippen LogP contribution in [0.15, 0.2) is 54.8 Å². The van der Waals surface area contributed by atoms with Crippen molar-refractivity contribution in [3.05, 3.63) is 79.5 Å². The summed E-state index contributed by atoms with van der Waals surface area (Å²) >= 11 is 0. The quantitative estimate of drug-likeness (QED) is 0.402. The first-order valence-corrected chi connectivity index (χ1v) is 11.3. The van der Waals surface area contributed by atoms with E-state index in [2.05, 4.69) is 0 Å². The van der Waals surface area contributed by atoms with Crippen LogP contribution in [-0.2, 0) is 0 Å². The first kappa shape index (κ1) is 21.3. The lowest BCUT2D eigenvalue weighted by Gasteiger charge is -2.17. The summed E-state index contributed by atoms with van der Waals surface area (Å²) in [6.45, 7) is 9.81. The second-order valence-corrected chi connectivity index (χ2v) is 9.34. The summed E-state index contributed by atoms with van der Waals surface area (Å²) < 4.78 is 17.6. The lowest BCUT2D eigenvalue weighted by atomic mass is 9.88. The van der Waals surface area contributed by atoms with Gasteiger partial charge in [-0.2, -0.15) is 0 Å². The van der Waals surface area contributed by atoms with Crippen molar-refractivity contribution in [3.63, 3.8) is 0 Å². The second kappa shape index (κ2) is 7.51. The fourth-order valence-corrected chi connectivity index (χ4v) is 4.92. The maximum Gasteiger partial charge on any atom is 0.344 e. The number of aromatic hydroxyl groups is 1. The molecule has 2 unspecified atom stereocenters. The summed E-state index contributed by atoms with van der Waals surface area (Å²) in [6, 6.07) is 11.1. The molecule has 0 aliphatic carbocycles. The molecule has 6 heteroatoms. The van der Waals surface area contributed by atoms with Crippen LogP contribution in [0.4, 0.5) is 0 Å². The van der Waals surface area contributed by atoms with Gasteiger partial charge in [-0.05, 0) is 42.0 Å². The van der Waals surface area contributed by atoms with Gasteiger partial charge in [0.1, 0.15) is 28.8 Å². The molecule has 0 fully saturated rings. The van der Waals surface area contributed by atoms with Gasteiger partial charge in [0.2, 0.25) is 0 Å². The molecule has 2 atom stereocenters. The predicted octanol–water partition coefficient (Wildman–Crippen LogP) is 5.76. The van der Waals surface area contributed by atoms with Gasteiger partial charge < -0.3 is 18.7 Å². The molecule has 3 heterocycles. The Kier molecular flexibility index (Phi) is 4.85. The number of hydrogen-bond acceptors (Lipinski definition) is 6. The van der Waals surface area contributed by atoms with E-state index >= 15 is 0 Å². The van der Waals surface area contributed by atoms with E-state index < -0.39 is 23.3 Å². The van der Waals surface area contributed by atoms with Gasteiger partial charge in [0.15, 0.2) is 0 Å². The molecular formula is C27H26O6. The minimum Gasteiger partial charge on any atom is -0.507 e. The van der Waals surface area contributed by atoms with Gasteiger partial charge >= 0.3 is 11.3 Å². The Morgan fingerprint density at radius 1 is 0.788 bits per heavy atom. The van der Waals surface area contributed by atoms with Gasteiger partial charge in [0.25, 0.3) is 0 Å². The average Bonchev–Trinajstić information content (AvgIpc) is 3.10. The molecule has 0 saturated carbocycles. The summed E-state index contributed by atoms with van der Waals surface area (Å²) in [5.41, 5.74) is 1.57. The molecule has 1 aliphatic rings. The Morgan fingerprint density at radius 2 is 1.30 bits per heavy atom. The summed E-state index contributed by atoms with van der Waals surface area (Å²) in [5, 5.41) is 12.3. The van der Waals surface area contributed by atoms with E-state index in [1.807, 2.05) is 58.0 Å². The van der Waals surface area contributed by atoms with Crippen molar-refractivity contribution >= 4 is 21.9 Å². The molecule has 0 spiro atoms. The number of fused-ring (bicyclic) bond motifs is 4. The van der Waals surface area contributed by atoms with Crippen LogP contribution in [0.1, 0.15) is 74.6 Å². The van der Waals surface area contributed by atoms with Gasteiger partial charge in [-0.3, -0.25) is 0 Å². The fourth-order valence-electron chi connectivity index (χ4n) is 4.92. The molecule has 2 aromatic heterocycles. The van der Waals surface area contributed by atoms with Crippen molar-refractivity contribution in [1.82, 2.24) is 0 Å². The van der Waals surface area contributed by atoms with E-state index in [0.29, 0.717) is 27.7 Å². The van der Waals surface area contributed by atoms with E-state index in [1.165, 1.54) is 0 Å². The molecule has 5 rings (SSSR count). The summed E-state index contributed by atoms with van der Waals surface area (Å²) in [5.74, 6) is -0.350. The maximum absolute atomic E-state index is 13.2. The van der Waals surface area contributed by atoms with Crippen LogP contribution in [0.25, 0.3) is 21.9 Å². The van der Waals surface area contributed by atoms with Crippen LogP contribution in [0, 0.1) is 0 Å². The molecule has 0 amide bonds. The fraction of sp³-hybridized carbons (Fsp3) is 0.333. The smallest absolute Gasteiger partial charge is 0.344 e. The Hall–Kier alpha value is -3.54. The standard InChI is InChI=1S/C27H26O6/c1-12(2)15-8-6-10-17-22(28)20(26(29)32-23(15)17)19-14(5)31-25-18-11-7-9-16(13(3)4)24(18)33-27(30)21(19)25/h6-14,19,28H,1-5H3. The van der Waals surface area contributed by atoms with Crippen molar-refractivity contribution in [3.8, 4) is 11.5 Å². The molecule has 2 aromatic carbocycles. The number of para-hydroxylation sites is 2. The number of benzene rings is 2. The first-order valence-electron chi connectivity index (χ1n) is 11.3. The van der Waals surface area contributed by atoms with E-state index in [-0.39, 0.29) is 28.7 Å². The third-order valence-corrected chi connectivity index (χ3v) is 6.56. The molecule has 4 aromatic rings. The van der Waals surface area contributed by atoms with Crippen LogP contribution < -0.4 is 16.0 Å². The van der Waals surface area contributed by atoms with Crippen molar-refractivity contribution in [2.45, 2.75) is 58.5 Å². The van der Waals surface area contributed by atoms with Gasteiger partial charge in [-0.1, -0.05) is 52.0 Å². The highest BCUT2D eigenvalue weighted by molar-refractivity contribution is 5.90. The zero-order chi connectivity index (χ0) is 23.6. The molecular weight excluding hydrogens is 420 g/mol. The summed E-state index contributed by atoms with van der Waals surface area (Å²) in [4.78, 5) is 26.4. The highest BCUT2D eigenvalue weighted by atomic mass is 16.5. The molecule has 170 valence electrons. The van der Waals surface area contributed by atoms with Gasteiger partial charge in [0, 0.05) is 0 Å². The second-order valence-electron chi connectivity index (χ2n) is 9.34. The molecule has 6 nitrogen and oxygen atoms in total. The Balaban J connectivity index is 1.80. The SMILES string of the molecule is CC(C)c1cccc2c(O)c(C3c4c(c5cccc(C(C)C)c5oc4=O)OC3C)c(=O)oc12. The average molecular weight is 446 g/mol. The third kappa shape index (κ3) is 3.08. The topological polar surface area (TPSA) is 89.9 Å². The molecule has 0 radical (unpaired) electrons. The molecule has 1 N–H and O–H groups in total. The van der Waals surface area contributed by atoms with Crippen molar-refractivity contribution in [2.75, 3.05) is 0 Å². The number of rotatable bonds is 3. The lowest BCUT2D eigenvalue weighted by molar-refractivity contribution is 0.237. The predicted molar refractivity (Wildman–Crippen MR) is 127 cm³/mol. The third-order valence-electron chi connectivity index (χ3n) is 6.56. The lowest BCUT2D eigenvalue weighted by Crippen LogP contribution is -2.24. The van der Waals surface area contributed by atoms with Crippen LogP contribution in [-0.4, -0.2) is 11.2 Å². The van der Waals surface area contributed by atoms with E-state index in [4.69, 9.17) is 13.6 Å². The van der Waals surface area contributed by atoms with E-state index in [1.54, 1.807) is 13.0 Å². The van der Waals surface area contributed by atoms with Crippen molar-refractivity contribution in [2.24, 2.45) is 0 Å². The maximum atomic E-state index is 13.2. The molecule has 33 heavy (non-hydrogen) atoms. The molecule has 1 aliphatic heterocycles. The Bertz CT molecular complexity index is 1520. The zero-order valence-electron chi connectivity index (χ0n) is 19.3. The van der Waals surface area contributed by atoms with E-state index in [9.17, 15) is 14.7 Å². The van der Waals surface area contributed by atoms with E-state index in [0.717, 1.165) is 11.1 Å². The van der Waals surface area contributed by atoms with Crippen LogP contribution in [0.2, 0.25) is 0 Å². The van der Waals surface area contributed by atoms with Gasteiger partial charge in [-0.25, -0.2) is 9.59 Å². The van der Waals surface area contributed by atoms with Crippen LogP contribution in [0.3, 0.4) is 0 Å². The molecule has 0 bridgehead atoms. The van der Waals surface area contributed by atoms with Gasteiger partial charge in [-0.15, -0.1) is 0 Å². The van der Waals surface area contributed by atoms with Crippen LogP contribution >= 0.6 is 0 Å². The molecule has 0 saturated heterocycles. The summed E-state index contributed by atoms with van der Waals surface area (Å²) in [6.07, 6.45) is -0.573. The van der Waals surface area contributed by atoms with Crippen molar-refractivity contribution in [1.29, 1.82) is 0 Å². The Labute approximate surface area is 190 Å². The minimum absolute atomic E-state index is 0.0151. The van der Waals surface area contributed by atoms with Crippen molar-refractivity contribution < 1.29 is 18.7 Å². The highest BCUT2D eigenvalue weighted by Crippen LogP contribution is 2.47. The van der Waals surface area contributed by atoms with Crippen LogP contribution in [0.5, 0.6) is 11.5 Å². The normalized spacial score (nSPS) is 17.8. The first-order chi connectivity index (χ1) is 15.7.